The fourth-order valence-corrected chi connectivity index (χ4v) is 4.14. The number of ether oxygens (including phenoxy) is 2. The molecule has 2 aromatic rings. The average molecular weight is 383 g/mol. The van der Waals surface area contributed by atoms with E-state index in [4.69, 9.17) is 13.9 Å². The van der Waals surface area contributed by atoms with E-state index in [1.54, 1.807) is 0 Å². The van der Waals surface area contributed by atoms with E-state index >= 15 is 0 Å². The Labute approximate surface area is 164 Å². The van der Waals surface area contributed by atoms with Gasteiger partial charge in [0, 0.05) is 25.9 Å². The van der Waals surface area contributed by atoms with E-state index in [2.05, 4.69) is 10.2 Å². The molecular formula is C21H25N3O4. The first-order valence-corrected chi connectivity index (χ1v) is 10.1. The van der Waals surface area contributed by atoms with Gasteiger partial charge in [0.25, 0.3) is 0 Å². The van der Waals surface area contributed by atoms with Gasteiger partial charge in [-0.3, -0.25) is 4.79 Å². The second kappa shape index (κ2) is 7.11. The van der Waals surface area contributed by atoms with E-state index in [1.165, 1.54) is 25.7 Å². The normalized spacial score (nSPS) is 17.9. The number of aryl methyl sites for hydroxylation is 1. The van der Waals surface area contributed by atoms with Crippen LogP contribution in [0.5, 0.6) is 11.5 Å². The highest BCUT2D eigenvalue weighted by Crippen LogP contribution is 2.47. The first-order chi connectivity index (χ1) is 13.7. The van der Waals surface area contributed by atoms with Crippen LogP contribution in [0.3, 0.4) is 0 Å². The number of fused-ring (bicyclic) bond motifs is 1. The number of benzene rings is 1. The summed E-state index contributed by atoms with van der Waals surface area (Å²) < 4.78 is 16.5. The van der Waals surface area contributed by atoms with Crippen molar-refractivity contribution < 1.29 is 18.7 Å². The molecule has 1 aromatic carbocycles. The van der Waals surface area contributed by atoms with Crippen molar-refractivity contribution in [1.82, 2.24) is 15.1 Å². The van der Waals surface area contributed by atoms with Crippen LogP contribution in [-0.2, 0) is 17.6 Å². The minimum atomic E-state index is 0.180. The van der Waals surface area contributed by atoms with Crippen molar-refractivity contribution in [3.8, 4) is 11.5 Å². The van der Waals surface area contributed by atoms with Crippen molar-refractivity contribution >= 4 is 5.91 Å². The lowest BCUT2D eigenvalue weighted by atomic mass is 10.1. The fourth-order valence-electron chi connectivity index (χ4n) is 4.14. The first-order valence-electron chi connectivity index (χ1n) is 10.1. The average Bonchev–Trinajstić information content (AvgIpc) is 3.62. The van der Waals surface area contributed by atoms with E-state index in [9.17, 15) is 4.79 Å². The maximum absolute atomic E-state index is 12.6. The number of carbonyl (C=O) groups is 1. The van der Waals surface area contributed by atoms with Gasteiger partial charge in [-0.2, -0.15) is 0 Å². The zero-order valence-corrected chi connectivity index (χ0v) is 16.1. The molecule has 1 aromatic heterocycles. The number of hydrogen-bond donors (Lipinski definition) is 0. The number of amides is 1. The third kappa shape index (κ3) is 3.70. The van der Waals surface area contributed by atoms with Gasteiger partial charge in [0.15, 0.2) is 11.5 Å². The van der Waals surface area contributed by atoms with Gasteiger partial charge in [0.2, 0.25) is 24.5 Å². The van der Waals surface area contributed by atoms with Gasteiger partial charge in [-0.05, 0) is 55.2 Å². The highest BCUT2D eigenvalue weighted by Gasteiger charge is 2.44. The molecule has 7 heteroatoms. The van der Waals surface area contributed by atoms with E-state index in [0.717, 1.165) is 28.9 Å². The van der Waals surface area contributed by atoms with Crippen molar-refractivity contribution in [2.45, 2.75) is 51.0 Å². The zero-order valence-electron chi connectivity index (χ0n) is 16.1. The van der Waals surface area contributed by atoms with Gasteiger partial charge in [0.1, 0.15) is 0 Å². The summed E-state index contributed by atoms with van der Waals surface area (Å²) in [4.78, 5) is 14.6. The second-order valence-corrected chi connectivity index (χ2v) is 8.12. The summed E-state index contributed by atoms with van der Waals surface area (Å²) in [7, 11) is 1.96. The summed E-state index contributed by atoms with van der Waals surface area (Å²) in [5.41, 5.74) is 1.02. The Morgan fingerprint density at radius 3 is 2.57 bits per heavy atom. The molecule has 28 heavy (non-hydrogen) atoms. The highest BCUT2D eigenvalue weighted by molar-refractivity contribution is 5.76. The Kier molecular flexibility index (Phi) is 4.45. The molecule has 0 saturated heterocycles. The van der Waals surface area contributed by atoms with Crippen LogP contribution in [0.25, 0.3) is 0 Å². The van der Waals surface area contributed by atoms with E-state index in [-0.39, 0.29) is 12.7 Å². The predicted octanol–water partition coefficient (Wildman–Crippen LogP) is 2.97. The van der Waals surface area contributed by atoms with Crippen molar-refractivity contribution in [2.24, 2.45) is 11.8 Å². The topological polar surface area (TPSA) is 77.7 Å². The Balaban J connectivity index is 1.16. The Morgan fingerprint density at radius 1 is 1.11 bits per heavy atom. The van der Waals surface area contributed by atoms with Crippen molar-refractivity contribution in [2.75, 3.05) is 13.8 Å². The molecule has 0 unspecified atom stereocenters. The molecule has 5 rings (SSSR count). The summed E-state index contributed by atoms with van der Waals surface area (Å²) >= 11 is 0. The summed E-state index contributed by atoms with van der Waals surface area (Å²) in [5.74, 6) is 4.19. The third-order valence-corrected chi connectivity index (χ3v) is 5.90. The minimum Gasteiger partial charge on any atom is -0.454 e. The molecule has 0 N–H and O–H groups in total. The molecule has 0 atom stereocenters. The maximum atomic E-state index is 12.6. The maximum Gasteiger partial charge on any atom is 0.231 e. The van der Waals surface area contributed by atoms with Gasteiger partial charge in [-0.25, -0.2) is 0 Å². The van der Waals surface area contributed by atoms with E-state index in [0.29, 0.717) is 37.1 Å². The largest absolute Gasteiger partial charge is 0.454 e. The molecule has 2 aliphatic carbocycles. The lowest BCUT2D eigenvalue weighted by Gasteiger charge is -2.28. The minimum absolute atomic E-state index is 0.180. The van der Waals surface area contributed by atoms with Gasteiger partial charge in [-0.15, -0.1) is 10.2 Å². The highest BCUT2D eigenvalue weighted by atomic mass is 16.7. The summed E-state index contributed by atoms with van der Waals surface area (Å²) in [6, 6.07) is 6.23. The molecule has 3 aliphatic rings. The van der Waals surface area contributed by atoms with Crippen LogP contribution >= 0.6 is 0 Å². The molecule has 1 amide bonds. The van der Waals surface area contributed by atoms with E-state index in [1.807, 2.05) is 30.1 Å². The lowest BCUT2D eigenvalue weighted by Crippen LogP contribution is -2.40. The monoisotopic (exact) mass is 383 g/mol. The van der Waals surface area contributed by atoms with Crippen LogP contribution < -0.4 is 9.47 Å². The molecule has 7 nitrogen and oxygen atoms in total. The smallest absolute Gasteiger partial charge is 0.231 e. The van der Waals surface area contributed by atoms with Crippen molar-refractivity contribution in [1.29, 1.82) is 0 Å². The summed E-state index contributed by atoms with van der Waals surface area (Å²) in [6.45, 7) is 0.258. The second-order valence-electron chi connectivity index (χ2n) is 8.12. The third-order valence-electron chi connectivity index (χ3n) is 5.90. The van der Waals surface area contributed by atoms with Crippen LogP contribution in [0, 0.1) is 11.8 Å². The van der Waals surface area contributed by atoms with Crippen LogP contribution in [0.15, 0.2) is 22.6 Å². The molecule has 2 fully saturated rings. The first kappa shape index (κ1) is 17.5. The summed E-state index contributed by atoms with van der Waals surface area (Å²) in [6.07, 6.45) is 6.51. The van der Waals surface area contributed by atoms with Crippen LogP contribution in [0.4, 0.5) is 0 Å². The number of hydrogen-bond acceptors (Lipinski definition) is 6. The van der Waals surface area contributed by atoms with Gasteiger partial charge < -0.3 is 18.8 Å². The van der Waals surface area contributed by atoms with Gasteiger partial charge in [0.05, 0.1) is 6.42 Å². The molecule has 2 heterocycles. The van der Waals surface area contributed by atoms with Gasteiger partial charge >= 0.3 is 0 Å². The SMILES string of the molecule is CN(C(=O)CCc1nnc(Cc2ccc3c(c2)OCO3)o1)C(C1CC1)C1CC1. The molecule has 1 aliphatic heterocycles. The van der Waals surface area contributed by atoms with Gasteiger partial charge in [-0.1, -0.05) is 6.07 Å². The number of rotatable bonds is 8. The van der Waals surface area contributed by atoms with Crippen LogP contribution in [-0.4, -0.2) is 40.9 Å². The zero-order chi connectivity index (χ0) is 19.1. The lowest BCUT2D eigenvalue weighted by molar-refractivity contribution is -0.132. The molecule has 0 bridgehead atoms. The number of nitrogens with zero attached hydrogens (tertiary/aromatic N) is 3. The van der Waals surface area contributed by atoms with Crippen LogP contribution in [0.1, 0.15) is 49.4 Å². The van der Waals surface area contributed by atoms with E-state index < -0.39 is 0 Å². The molecule has 148 valence electrons. The molecule has 0 spiro atoms. The molecular weight excluding hydrogens is 358 g/mol. The predicted molar refractivity (Wildman–Crippen MR) is 100.0 cm³/mol. The Bertz CT molecular complexity index is 860. The quantitative estimate of drug-likeness (QED) is 0.697. The summed E-state index contributed by atoms with van der Waals surface area (Å²) in [5, 5.41) is 8.24. The van der Waals surface area contributed by atoms with Crippen molar-refractivity contribution in [3.05, 3.63) is 35.5 Å². The standard InChI is InChI=1S/C21H25N3O4/c1-24(21(14-3-4-14)15-5-6-15)20(25)9-8-18-22-23-19(28-18)11-13-2-7-16-17(10-13)27-12-26-16/h2,7,10,14-15,21H,3-6,8-9,11-12H2,1H3. The Morgan fingerprint density at radius 2 is 1.82 bits per heavy atom. The van der Waals surface area contributed by atoms with Crippen molar-refractivity contribution in [3.63, 3.8) is 0 Å². The van der Waals surface area contributed by atoms with Crippen LogP contribution in [0.2, 0.25) is 0 Å². The Hall–Kier alpha value is -2.57. The fraction of sp³-hybridized carbons (Fsp3) is 0.571. The number of aromatic nitrogens is 2. The molecule has 2 saturated carbocycles. The number of carbonyl (C=O) groups excluding carboxylic acids is 1. The molecule has 0 radical (unpaired) electrons.